The SMILES string of the molecule is CC(Cn1ccnc1)NC(=O)N[C@@H](C(=O)O)C(C)(C)C. The molecule has 0 bridgehead atoms. The second-order valence-corrected chi connectivity index (χ2v) is 5.92. The molecule has 1 aromatic heterocycles. The second kappa shape index (κ2) is 6.40. The molecule has 3 N–H and O–H groups in total. The number of nitrogens with zero attached hydrogens (tertiary/aromatic N) is 2. The number of carboxylic acid groups (broad SMARTS) is 1. The van der Waals surface area contributed by atoms with E-state index in [1.165, 1.54) is 0 Å². The number of carboxylic acids is 1. The Hall–Kier alpha value is -2.05. The Kier molecular flexibility index (Phi) is 5.12. The molecule has 112 valence electrons. The van der Waals surface area contributed by atoms with Gasteiger partial charge in [-0.1, -0.05) is 20.8 Å². The van der Waals surface area contributed by atoms with E-state index in [-0.39, 0.29) is 6.04 Å². The molecular formula is C13H22N4O3. The summed E-state index contributed by atoms with van der Waals surface area (Å²) in [5, 5.41) is 14.4. The summed E-state index contributed by atoms with van der Waals surface area (Å²) >= 11 is 0. The van der Waals surface area contributed by atoms with E-state index in [2.05, 4.69) is 15.6 Å². The van der Waals surface area contributed by atoms with Gasteiger partial charge in [-0.3, -0.25) is 0 Å². The summed E-state index contributed by atoms with van der Waals surface area (Å²) < 4.78 is 1.84. The number of carbonyl (C=O) groups excluding carboxylic acids is 1. The zero-order valence-electron chi connectivity index (χ0n) is 12.3. The average molecular weight is 282 g/mol. The zero-order valence-corrected chi connectivity index (χ0v) is 12.3. The first-order chi connectivity index (χ1) is 9.20. The van der Waals surface area contributed by atoms with Gasteiger partial charge in [-0.2, -0.15) is 0 Å². The number of aliphatic carboxylic acids is 1. The van der Waals surface area contributed by atoms with Crippen LogP contribution in [0.25, 0.3) is 0 Å². The first-order valence-corrected chi connectivity index (χ1v) is 6.45. The Morgan fingerprint density at radius 1 is 1.35 bits per heavy atom. The molecule has 20 heavy (non-hydrogen) atoms. The molecule has 2 amide bonds. The van der Waals surface area contributed by atoms with E-state index in [0.717, 1.165) is 0 Å². The summed E-state index contributed by atoms with van der Waals surface area (Å²) in [6, 6.07) is -1.57. The Bertz CT molecular complexity index is 451. The van der Waals surface area contributed by atoms with Gasteiger partial charge in [-0.15, -0.1) is 0 Å². The van der Waals surface area contributed by atoms with Gasteiger partial charge in [0.1, 0.15) is 6.04 Å². The van der Waals surface area contributed by atoms with Crippen LogP contribution in [0.4, 0.5) is 4.79 Å². The van der Waals surface area contributed by atoms with Crippen LogP contribution in [0.1, 0.15) is 27.7 Å². The van der Waals surface area contributed by atoms with Crippen molar-refractivity contribution in [3.05, 3.63) is 18.7 Å². The molecule has 0 aromatic carbocycles. The molecule has 1 unspecified atom stereocenters. The topological polar surface area (TPSA) is 96.3 Å². The molecule has 1 aromatic rings. The molecule has 1 rings (SSSR count). The second-order valence-electron chi connectivity index (χ2n) is 5.92. The van der Waals surface area contributed by atoms with Crippen LogP contribution in [0.2, 0.25) is 0 Å². The fraction of sp³-hybridized carbons (Fsp3) is 0.615. The molecule has 0 radical (unpaired) electrons. The average Bonchev–Trinajstić information content (AvgIpc) is 2.76. The lowest BCUT2D eigenvalue weighted by atomic mass is 9.87. The van der Waals surface area contributed by atoms with Gasteiger partial charge in [0, 0.05) is 25.0 Å². The largest absolute Gasteiger partial charge is 0.480 e. The molecule has 0 aliphatic rings. The van der Waals surface area contributed by atoms with Crippen LogP contribution in [0.15, 0.2) is 18.7 Å². The van der Waals surface area contributed by atoms with Crippen molar-refractivity contribution in [2.24, 2.45) is 5.41 Å². The van der Waals surface area contributed by atoms with Gasteiger partial charge in [0.15, 0.2) is 0 Å². The highest BCUT2D eigenvalue weighted by atomic mass is 16.4. The number of amides is 2. The molecule has 0 fully saturated rings. The monoisotopic (exact) mass is 282 g/mol. The van der Waals surface area contributed by atoms with Crippen molar-refractivity contribution >= 4 is 12.0 Å². The van der Waals surface area contributed by atoms with Crippen LogP contribution < -0.4 is 10.6 Å². The van der Waals surface area contributed by atoms with Crippen LogP contribution in [0.3, 0.4) is 0 Å². The lowest BCUT2D eigenvalue weighted by Gasteiger charge is -2.28. The lowest BCUT2D eigenvalue weighted by Crippen LogP contribution is -2.54. The third-order valence-electron chi connectivity index (χ3n) is 2.81. The third kappa shape index (κ3) is 4.91. The van der Waals surface area contributed by atoms with E-state index < -0.39 is 23.5 Å². The summed E-state index contributed by atoms with van der Waals surface area (Å²) in [6.07, 6.45) is 5.11. The summed E-state index contributed by atoms with van der Waals surface area (Å²) in [5.74, 6) is -1.05. The fourth-order valence-electron chi connectivity index (χ4n) is 1.80. The molecule has 1 heterocycles. The van der Waals surface area contributed by atoms with Crippen LogP contribution >= 0.6 is 0 Å². The Morgan fingerprint density at radius 2 is 2.00 bits per heavy atom. The first kappa shape index (κ1) is 16.0. The minimum atomic E-state index is -1.05. The predicted octanol–water partition coefficient (Wildman–Crippen LogP) is 1.07. The van der Waals surface area contributed by atoms with Crippen LogP contribution in [-0.4, -0.2) is 38.7 Å². The Morgan fingerprint density at radius 3 is 2.45 bits per heavy atom. The summed E-state index contributed by atoms with van der Waals surface area (Å²) in [7, 11) is 0. The maximum absolute atomic E-state index is 11.8. The molecule has 7 nitrogen and oxygen atoms in total. The number of urea groups is 1. The summed E-state index contributed by atoms with van der Waals surface area (Å²) in [6.45, 7) is 7.70. The number of carbonyl (C=O) groups is 2. The number of rotatable bonds is 5. The number of nitrogens with one attached hydrogen (secondary N) is 2. The van der Waals surface area contributed by atoms with Gasteiger partial charge in [0.2, 0.25) is 0 Å². The van der Waals surface area contributed by atoms with Gasteiger partial charge in [-0.25, -0.2) is 14.6 Å². The smallest absolute Gasteiger partial charge is 0.326 e. The quantitative estimate of drug-likeness (QED) is 0.752. The Labute approximate surface area is 118 Å². The predicted molar refractivity (Wildman–Crippen MR) is 74.2 cm³/mol. The van der Waals surface area contributed by atoms with Gasteiger partial charge in [0.25, 0.3) is 0 Å². The van der Waals surface area contributed by atoms with E-state index in [9.17, 15) is 9.59 Å². The number of imidazole rings is 1. The van der Waals surface area contributed by atoms with Gasteiger partial charge in [-0.05, 0) is 12.3 Å². The van der Waals surface area contributed by atoms with Crippen molar-refractivity contribution in [2.45, 2.75) is 46.3 Å². The molecule has 0 aliphatic heterocycles. The number of aromatic nitrogens is 2. The van der Waals surface area contributed by atoms with Crippen molar-refractivity contribution < 1.29 is 14.7 Å². The minimum Gasteiger partial charge on any atom is -0.480 e. The molecule has 2 atom stereocenters. The highest BCUT2D eigenvalue weighted by molar-refractivity contribution is 5.83. The van der Waals surface area contributed by atoms with Crippen molar-refractivity contribution in [3.8, 4) is 0 Å². The van der Waals surface area contributed by atoms with E-state index >= 15 is 0 Å². The molecular weight excluding hydrogens is 260 g/mol. The fourth-order valence-corrected chi connectivity index (χ4v) is 1.80. The number of hydrogen-bond acceptors (Lipinski definition) is 3. The highest BCUT2D eigenvalue weighted by Crippen LogP contribution is 2.19. The van der Waals surface area contributed by atoms with E-state index in [1.807, 2.05) is 11.5 Å². The summed E-state index contributed by atoms with van der Waals surface area (Å²) in [4.78, 5) is 26.9. The molecule has 0 saturated heterocycles. The molecule has 7 heteroatoms. The van der Waals surface area contributed by atoms with Crippen LogP contribution in [0, 0.1) is 5.41 Å². The Balaban J connectivity index is 2.51. The van der Waals surface area contributed by atoms with Crippen molar-refractivity contribution in [1.82, 2.24) is 20.2 Å². The number of hydrogen-bond donors (Lipinski definition) is 3. The standard InChI is InChI=1S/C13H22N4O3/c1-9(7-17-6-5-14-8-17)15-12(20)16-10(11(18)19)13(2,3)4/h5-6,8-10H,7H2,1-4H3,(H,18,19)(H2,15,16,20)/t9?,10-/m0/s1. The van der Waals surface area contributed by atoms with E-state index in [0.29, 0.717) is 6.54 Å². The minimum absolute atomic E-state index is 0.140. The lowest BCUT2D eigenvalue weighted by molar-refractivity contribution is -0.141. The van der Waals surface area contributed by atoms with Crippen molar-refractivity contribution in [3.63, 3.8) is 0 Å². The maximum atomic E-state index is 11.8. The van der Waals surface area contributed by atoms with Gasteiger partial charge in [0.05, 0.1) is 6.33 Å². The van der Waals surface area contributed by atoms with Gasteiger partial charge < -0.3 is 20.3 Å². The third-order valence-corrected chi connectivity index (χ3v) is 2.81. The van der Waals surface area contributed by atoms with Crippen molar-refractivity contribution in [1.29, 1.82) is 0 Å². The van der Waals surface area contributed by atoms with E-state index in [1.54, 1.807) is 39.5 Å². The molecule has 0 spiro atoms. The normalized spacial score (nSPS) is 14.4. The van der Waals surface area contributed by atoms with Crippen molar-refractivity contribution in [2.75, 3.05) is 0 Å². The van der Waals surface area contributed by atoms with Crippen LogP contribution in [-0.2, 0) is 11.3 Å². The van der Waals surface area contributed by atoms with Gasteiger partial charge >= 0.3 is 12.0 Å². The van der Waals surface area contributed by atoms with Crippen LogP contribution in [0.5, 0.6) is 0 Å². The first-order valence-electron chi connectivity index (χ1n) is 6.45. The summed E-state index contributed by atoms with van der Waals surface area (Å²) in [5.41, 5.74) is -0.559. The highest BCUT2D eigenvalue weighted by Gasteiger charge is 2.32. The molecule has 0 aliphatic carbocycles. The molecule has 0 saturated carbocycles. The zero-order chi connectivity index (χ0) is 15.3. The maximum Gasteiger partial charge on any atom is 0.326 e. The van der Waals surface area contributed by atoms with E-state index in [4.69, 9.17) is 5.11 Å².